The second-order valence-corrected chi connectivity index (χ2v) is 4.59. The summed E-state index contributed by atoms with van der Waals surface area (Å²) >= 11 is 0. The molecule has 0 bridgehead atoms. The maximum Gasteiger partial charge on any atom is 0.113 e. The third-order valence-corrected chi connectivity index (χ3v) is 3.14. The van der Waals surface area contributed by atoms with Crippen LogP contribution in [0.3, 0.4) is 0 Å². The van der Waals surface area contributed by atoms with Crippen LogP contribution in [0.1, 0.15) is 52.0 Å². The van der Waals surface area contributed by atoms with E-state index in [1.165, 1.54) is 32.1 Å². The minimum absolute atomic E-state index is 0.465. The summed E-state index contributed by atoms with van der Waals surface area (Å²) in [7, 11) is 0. The van der Waals surface area contributed by atoms with E-state index in [-0.39, 0.29) is 0 Å². The Bertz CT molecular complexity index is 428. The van der Waals surface area contributed by atoms with E-state index in [1.807, 2.05) is 29.1 Å². The lowest BCUT2D eigenvalue weighted by atomic mass is 10.1. The lowest BCUT2D eigenvalue weighted by molar-refractivity contribution is 0.350. The number of benzene rings is 1. The Morgan fingerprint density at radius 3 is 2.18 bits per heavy atom. The first kappa shape index (κ1) is 12.1. The summed E-state index contributed by atoms with van der Waals surface area (Å²) in [5.41, 5.74) is 2.01. The van der Waals surface area contributed by atoms with Crippen molar-refractivity contribution < 1.29 is 0 Å². The molecule has 0 saturated carbocycles. The van der Waals surface area contributed by atoms with E-state index in [0.717, 1.165) is 11.0 Å². The maximum atomic E-state index is 4.59. The van der Waals surface area contributed by atoms with Crippen molar-refractivity contribution in [3.63, 3.8) is 0 Å². The highest BCUT2D eigenvalue weighted by atomic mass is 15.5. The lowest BCUT2D eigenvalue weighted by Gasteiger charge is -2.14. The quantitative estimate of drug-likeness (QED) is 0.753. The van der Waals surface area contributed by atoms with E-state index < -0.39 is 0 Å². The van der Waals surface area contributed by atoms with Crippen molar-refractivity contribution in [1.82, 2.24) is 15.0 Å². The van der Waals surface area contributed by atoms with Gasteiger partial charge in [0.2, 0.25) is 0 Å². The van der Waals surface area contributed by atoms with Gasteiger partial charge in [0, 0.05) is 0 Å². The van der Waals surface area contributed by atoms with E-state index in [0.29, 0.717) is 6.04 Å². The van der Waals surface area contributed by atoms with E-state index in [2.05, 4.69) is 24.0 Å². The molecule has 1 heterocycles. The van der Waals surface area contributed by atoms with Gasteiger partial charge in [0.05, 0.1) is 6.04 Å². The van der Waals surface area contributed by atoms with Crippen LogP contribution in [0.15, 0.2) is 24.3 Å². The molecule has 1 aromatic carbocycles. The number of rotatable bonds is 6. The van der Waals surface area contributed by atoms with Crippen molar-refractivity contribution in [3.8, 4) is 0 Å². The zero-order chi connectivity index (χ0) is 12.1. The van der Waals surface area contributed by atoms with E-state index >= 15 is 0 Å². The molecule has 1 unspecified atom stereocenters. The molecule has 0 amide bonds. The highest BCUT2D eigenvalue weighted by Gasteiger charge is 2.12. The molecule has 0 spiro atoms. The molecule has 1 aromatic heterocycles. The predicted octanol–water partition coefficient (Wildman–Crippen LogP) is 3.96. The molecule has 0 saturated heterocycles. The average molecular weight is 231 g/mol. The summed E-state index contributed by atoms with van der Waals surface area (Å²) in [6.45, 7) is 4.46. The molecule has 0 radical (unpaired) electrons. The lowest BCUT2D eigenvalue weighted by Crippen LogP contribution is -2.12. The molecule has 2 aromatic rings. The monoisotopic (exact) mass is 231 g/mol. The molecule has 0 fully saturated rings. The van der Waals surface area contributed by atoms with E-state index in [9.17, 15) is 0 Å². The fourth-order valence-electron chi connectivity index (χ4n) is 2.19. The Labute approximate surface area is 103 Å². The molecule has 1 atom stereocenters. The first-order chi connectivity index (χ1) is 8.35. The number of nitrogens with zero attached hydrogens (tertiary/aromatic N) is 3. The Morgan fingerprint density at radius 2 is 1.65 bits per heavy atom. The fraction of sp³-hybridized carbons (Fsp3) is 0.571. The number of hydrogen-bond acceptors (Lipinski definition) is 2. The van der Waals surface area contributed by atoms with Crippen molar-refractivity contribution in [2.45, 2.75) is 52.0 Å². The third kappa shape index (κ3) is 2.84. The highest BCUT2D eigenvalue weighted by Crippen LogP contribution is 2.20. The third-order valence-electron chi connectivity index (χ3n) is 3.14. The molecular weight excluding hydrogens is 210 g/mol. The van der Waals surface area contributed by atoms with Crippen molar-refractivity contribution in [1.29, 1.82) is 0 Å². The van der Waals surface area contributed by atoms with Gasteiger partial charge >= 0.3 is 0 Å². The van der Waals surface area contributed by atoms with Crippen LogP contribution in [-0.2, 0) is 0 Å². The van der Waals surface area contributed by atoms with Gasteiger partial charge in [-0.3, -0.25) is 0 Å². The van der Waals surface area contributed by atoms with Gasteiger partial charge in [-0.2, -0.15) is 15.0 Å². The molecule has 0 aliphatic carbocycles. The van der Waals surface area contributed by atoms with Crippen LogP contribution in [0, 0.1) is 0 Å². The molecule has 3 heteroatoms. The Kier molecular flexibility index (Phi) is 4.13. The number of unbranched alkanes of at least 4 members (excludes halogenated alkanes) is 1. The van der Waals surface area contributed by atoms with E-state index in [4.69, 9.17) is 0 Å². The normalized spacial score (nSPS) is 13.1. The van der Waals surface area contributed by atoms with Crippen LogP contribution in [0.2, 0.25) is 0 Å². The van der Waals surface area contributed by atoms with Crippen LogP contribution in [0.4, 0.5) is 0 Å². The fourth-order valence-corrected chi connectivity index (χ4v) is 2.19. The SMILES string of the molecule is CCCCC(CCC)n1nc2ccccc2n1. The van der Waals surface area contributed by atoms with Gasteiger partial charge in [-0.15, -0.1) is 0 Å². The second kappa shape index (κ2) is 5.80. The van der Waals surface area contributed by atoms with Gasteiger partial charge in [-0.05, 0) is 25.0 Å². The first-order valence-corrected chi connectivity index (χ1v) is 6.66. The van der Waals surface area contributed by atoms with Crippen molar-refractivity contribution in [3.05, 3.63) is 24.3 Å². The minimum Gasteiger partial charge on any atom is -0.181 e. The summed E-state index contributed by atoms with van der Waals surface area (Å²) in [4.78, 5) is 1.93. The Balaban J connectivity index is 2.21. The molecule has 2 rings (SSSR count). The Hall–Kier alpha value is -1.38. The van der Waals surface area contributed by atoms with Crippen LogP contribution >= 0.6 is 0 Å². The topological polar surface area (TPSA) is 30.7 Å². The largest absolute Gasteiger partial charge is 0.181 e. The van der Waals surface area contributed by atoms with Gasteiger partial charge in [-0.1, -0.05) is 45.2 Å². The molecule has 17 heavy (non-hydrogen) atoms. The van der Waals surface area contributed by atoms with Gasteiger partial charge in [0.1, 0.15) is 11.0 Å². The average Bonchev–Trinajstić information content (AvgIpc) is 2.78. The van der Waals surface area contributed by atoms with Crippen LogP contribution in [0.5, 0.6) is 0 Å². The van der Waals surface area contributed by atoms with Crippen LogP contribution in [0.25, 0.3) is 11.0 Å². The van der Waals surface area contributed by atoms with Crippen LogP contribution < -0.4 is 0 Å². The summed E-state index contributed by atoms with van der Waals surface area (Å²) in [6.07, 6.45) is 6.03. The van der Waals surface area contributed by atoms with Crippen molar-refractivity contribution in [2.24, 2.45) is 0 Å². The second-order valence-electron chi connectivity index (χ2n) is 4.59. The molecular formula is C14H21N3. The number of hydrogen-bond donors (Lipinski definition) is 0. The predicted molar refractivity (Wildman–Crippen MR) is 71.0 cm³/mol. The molecule has 0 N–H and O–H groups in total. The molecule has 0 aliphatic rings. The van der Waals surface area contributed by atoms with Crippen molar-refractivity contribution in [2.75, 3.05) is 0 Å². The van der Waals surface area contributed by atoms with Gasteiger partial charge in [-0.25, -0.2) is 0 Å². The highest BCUT2D eigenvalue weighted by molar-refractivity contribution is 5.72. The van der Waals surface area contributed by atoms with Gasteiger partial charge in [0.25, 0.3) is 0 Å². The smallest absolute Gasteiger partial charge is 0.113 e. The first-order valence-electron chi connectivity index (χ1n) is 6.66. The molecule has 92 valence electrons. The van der Waals surface area contributed by atoms with Gasteiger partial charge in [0.15, 0.2) is 0 Å². The summed E-state index contributed by atoms with van der Waals surface area (Å²) in [5, 5.41) is 9.18. The number of fused-ring (bicyclic) bond motifs is 1. The standard InChI is InChI=1S/C14H21N3/c1-3-5-9-12(8-4-2)17-15-13-10-6-7-11-14(13)16-17/h6-7,10-12H,3-5,8-9H2,1-2H3. The minimum atomic E-state index is 0.465. The van der Waals surface area contributed by atoms with E-state index in [1.54, 1.807) is 0 Å². The van der Waals surface area contributed by atoms with Gasteiger partial charge < -0.3 is 0 Å². The number of aromatic nitrogens is 3. The summed E-state index contributed by atoms with van der Waals surface area (Å²) in [6, 6.07) is 8.56. The Morgan fingerprint density at radius 1 is 1.00 bits per heavy atom. The summed E-state index contributed by atoms with van der Waals surface area (Å²) in [5.74, 6) is 0. The molecule has 3 nitrogen and oxygen atoms in total. The zero-order valence-electron chi connectivity index (χ0n) is 10.8. The van der Waals surface area contributed by atoms with Crippen LogP contribution in [-0.4, -0.2) is 15.0 Å². The van der Waals surface area contributed by atoms with Crippen molar-refractivity contribution >= 4 is 11.0 Å². The molecule has 0 aliphatic heterocycles. The summed E-state index contributed by atoms with van der Waals surface area (Å²) < 4.78 is 0. The maximum absolute atomic E-state index is 4.59. The zero-order valence-corrected chi connectivity index (χ0v) is 10.8.